The zero-order chi connectivity index (χ0) is 9.23. The van der Waals surface area contributed by atoms with Crippen LogP contribution < -0.4 is 5.32 Å². The van der Waals surface area contributed by atoms with Crippen LogP contribution in [0.1, 0.15) is 26.7 Å². The van der Waals surface area contributed by atoms with Crippen molar-refractivity contribution in [2.75, 3.05) is 26.4 Å². The van der Waals surface area contributed by atoms with Gasteiger partial charge in [0.15, 0.2) is 0 Å². The second-order valence-corrected chi connectivity index (χ2v) is 3.00. The van der Waals surface area contributed by atoms with Crippen LogP contribution in [0, 0.1) is 0 Å². The van der Waals surface area contributed by atoms with Crippen LogP contribution in [0.5, 0.6) is 0 Å². The van der Waals surface area contributed by atoms with Crippen LogP contribution in [-0.2, 0) is 4.74 Å². The maximum Gasteiger partial charge on any atom is 0.0581 e. The Morgan fingerprint density at radius 1 is 1.42 bits per heavy atom. The minimum absolute atomic E-state index is 0.204. The SMILES string of the molecule is CCCOCCCNC(C)CO. The minimum atomic E-state index is 0.204. The third-order valence-electron chi connectivity index (χ3n) is 1.58. The third kappa shape index (κ3) is 7.98. The second kappa shape index (κ2) is 8.97. The van der Waals surface area contributed by atoms with Crippen molar-refractivity contribution in [2.45, 2.75) is 32.7 Å². The molecule has 0 bridgehead atoms. The molecule has 1 atom stereocenters. The normalized spacial score (nSPS) is 13.2. The Bertz CT molecular complexity index is 88.6. The third-order valence-corrected chi connectivity index (χ3v) is 1.58. The van der Waals surface area contributed by atoms with E-state index in [0.29, 0.717) is 0 Å². The molecule has 0 saturated carbocycles. The molecule has 2 N–H and O–H groups in total. The number of hydrogen-bond acceptors (Lipinski definition) is 3. The van der Waals surface area contributed by atoms with E-state index in [1.165, 1.54) is 0 Å². The van der Waals surface area contributed by atoms with E-state index >= 15 is 0 Å². The lowest BCUT2D eigenvalue weighted by Crippen LogP contribution is -2.30. The van der Waals surface area contributed by atoms with E-state index in [1.54, 1.807) is 0 Å². The van der Waals surface area contributed by atoms with Crippen molar-refractivity contribution in [3.63, 3.8) is 0 Å². The Labute approximate surface area is 75.1 Å². The van der Waals surface area contributed by atoms with Gasteiger partial charge in [-0.2, -0.15) is 0 Å². The molecule has 3 heteroatoms. The molecule has 0 aromatic rings. The van der Waals surface area contributed by atoms with Gasteiger partial charge >= 0.3 is 0 Å². The Morgan fingerprint density at radius 3 is 2.75 bits per heavy atom. The summed E-state index contributed by atoms with van der Waals surface area (Å²) in [5.74, 6) is 0. The average Bonchev–Trinajstić information content (AvgIpc) is 2.10. The van der Waals surface area contributed by atoms with Crippen LogP contribution in [0.4, 0.5) is 0 Å². The van der Waals surface area contributed by atoms with Crippen LogP contribution in [0.2, 0.25) is 0 Å². The Morgan fingerprint density at radius 2 is 2.17 bits per heavy atom. The van der Waals surface area contributed by atoms with Crippen molar-refractivity contribution in [2.24, 2.45) is 0 Å². The van der Waals surface area contributed by atoms with Crippen LogP contribution >= 0.6 is 0 Å². The van der Waals surface area contributed by atoms with E-state index in [0.717, 1.165) is 32.6 Å². The Kier molecular flexibility index (Phi) is 8.88. The summed E-state index contributed by atoms with van der Waals surface area (Å²) >= 11 is 0. The first-order valence-electron chi connectivity index (χ1n) is 4.73. The highest BCUT2D eigenvalue weighted by molar-refractivity contribution is 4.56. The standard InChI is InChI=1S/C9H21NO2/c1-3-6-12-7-4-5-10-9(2)8-11/h9-11H,3-8H2,1-2H3. The summed E-state index contributed by atoms with van der Waals surface area (Å²) in [5, 5.41) is 11.9. The van der Waals surface area contributed by atoms with Gasteiger partial charge in [-0.15, -0.1) is 0 Å². The van der Waals surface area contributed by atoms with Gasteiger partial charge < -0.3 is 15.2 Å². The predicted octanol–water partition coefficient (Wildman–Crippen LogP) is 0.774. The van der Waals surface area contributed by atoms with Gasteiger partial charge in [0.25, 0.3) is 0 Å². The summed E-state index contributed by atoms with van der Waals surface area (Å²) in [4.78, 5) is 0. The first-order valence-corrected chi connectivity index (χ1v) is 4.73. The lowest BCUT2D eigenvalue weighted by atomic mass is 10.3. The van der Waals surface area contributed by atoms with Gasteiger partial charge in [-0.05, 0) is 26.3 Å². The van der Waals surface area contributed by atoms with Gasteiger partial charge in [-0.1, -0.05) is 6.92 Å². The molecular weight excluding hydrogens is 154 g/mol. The summed E-state index contributed by atoms with van der Waals surface area (Å²) in [6.45, 7) is 6.87. The van der Waals surface area contributed by atoms with Gasteiger partial charge in [0.2, 0.25) is 0 Å². The summed E-state index contributed by atoms with van der Waals surface area (Å²) in [5.41, 5.74) is 0. The highest BCUT2D eigenvalue weighted by Crippen LogP contribution is 1.85. The summed E-state index contributed by atoms with van der Waals surface area (Å²) < 4.78 is 5.30. The first-order chi connectivity index (χ1) is 5.81. The molecule has 0 heterocycles. The smallest absolute Gasteiger partial charge is 0.0581 e. The number of aliphatic hydroxyl groups is 1. The summed E-state index contributed by atoms with van der Waals surface area (Å²) in [6, 6.07) is 0.205. The highest BCUT2D eigenvalue weighted by atomic mass is 16.5. The minimum Gasteiger partial charge on any atom is -0.395 e. The van der Waals surface area contributed by atoms with Crippen LogP contribution in [-0.4, -0.2) is 37.5 Å². The first kappa shape index (κ1) is 11.9. The van der Waals surface area contributed by atoms with E-state index < -0.39 is 0 Å². The molecule has 0 aromatic carbocycles. The molecule has 0 rings (SSSR count). The number of aliphatic hydroxyl groups excluding tert-OH is 1. The molecule has 0 aliphatic rings. The van der Waals surface area contributed by atoms with Crippen LogP contribution in [0.15, 0.2) is 0 Å². The second-order valence-electron chi connectivity index (χ2n) is 3.00. The highest BCUT2D eigenvalue weighted by Gasteiger charge is 1.96. The number of ether oxygens (including phenoxy) is 1. The molecule has 0 saturated heterocycles. The maximum absolute atomic E-state index is 8.68. The molecule has 74 valence electrons. The van der Waals surface area contributed by atoms with Crippen molar-refractivity contribution in [3.05, 3.63) is 0 Å². The van der Waals surface area contributed by atoms with Crippen LogP contribution in [0.25, 0.3) is 0 Å². The van der Waals surface area contributed by atoms with Gasteiger partial charge in [0.1, 0.15) is 0 Å². The largest absolute Gasteiger partial charge is 0.395 e. The zero-order valence-corrected chi connectivity index (χ0v) is 8.18. The maximum atomic E-state index is 8.68. The zero-order valence-electron chi connectivity index (χ0n) is 8.18. The van der Waals surface area contributed by atoms with E-state index in [9.17, 15) is 0 Å². The van der Waals surface area contributed by atoms with Crippen molar-refractivity contribution in [3.8, 4) is 0 Å². The molecule has 0 aromatic heterocycles. The summed E-state index contributed by atoms with van der Waals surface area (Å²) in [6.07, 6.45) is 2.10. The van der Waals surface area contributed by atoms with E-state index in [2.05, 4.69) is 12.2 Å². The monoisotopic (exact) mass is 175 g/mol. The van der Waals surface area contributed by atoms with Crippen molar-refractivity contribution in [1.82, 2.24) is 5.32 Å². The topological polar surface area (TPSA) is 41.5 Å². The summed E-state index contributed by atoms with van der Waals surface area (Å²) in [7, 11) is 0. The average molecular weight is 175 g/mol. The molecule has 1 unspecified atom stereocenters. The lowest BCUT2D eigenvalue weighted by Gasteiger charge is -2.09. The molecule has 3 nitrogen and oxygen atoms in total. The van der Waals surface area contributed by atoms with E-state index in [1.807, 2.05) is 6.92 Å². The predicted molar refractivity (Wildman–Crippen MR) is 50.3 cm³/mol. The Balaban J connectivity index is 2.90. The van der Waals surface area contributed by atoms with Crippen molar-refractivity contribution in [1.29, 1.82) is 0 Å². The molecule has 0 radical (unpaired) electrons. The molecule has 12 heavy (non-hydrogen) atoms. The quantitative estimate of drug-likeness (QED) is 0.535. The fourth-order valence-electron chi connectivity index (χ4n) is 0.834. The van der Waals surface area contributed by atoms with E-state index in [4.69, 9.17) is 9.84 Å². The number of nitrogens with one attached hydrogen (secondary N) is 1. The van der Waals surface area contributed by atoms with Gasteiger partial charge in [0.05, 0.1) is 6.61 Å². The van der Waals surface area contributed by atoms with Crippen LogP contribution in [0.3, 0.4) is 0 Å². The van der Waals surface area contributed by atoms with Gasteiger partial charge in [0, 0.05) is 19.3 Å². The van der Waals surface area contributed by atoms with E-state index in [-0.39, 0.29) is 12.6 Å². The number of hydrogen-bond donors (Lipinski definition) is 2. The molecule has 0 aliphatic carbocycles. The van der Waals surface area contributed by atoms with Gasteiger partial charge in [-0.3, -0.25) is 0 Å². The lowest BCUT2D eigenvalue weighted by molar-refractivity contribution is 0.131. The molecule has 0 fully saturated rings. The fraction of sp³-hybridized carbons (Fsp3) is 1.00. The van der Waals surface area contributed by atoms with Crippen molar-refractivity contribution >= 4 is 0 Å². The van der Waals surface area contributed by atoms with Crippen molar-refractivity contribution < 1.29 is 9.84 Å². The van der Waals surface area contributed by atoms with Gasteiger partial charge in [-0.25, -0.2) is 0 Å². The Hall–Kier alpha value is -0.120. The number of rotatable bonds is 8. The molecule has 0 aliphatic heterocycles. The molecule has 0 amide bonds. The molecule has 0 spiro atoms. The fourth-order valence-corrected chi connectivity index (χ4v) is 0.834. The molecular formula is C9H21NO2.